The second-order valence-corrected chi connectivity index (χ2v) is 7.06. The molecule has 0 radical (unpaired) electrons. The summed E-state index contributed by atoms with van der Waals surface area (Å²) in [6.07, 6.45) is 0. The van der Waals surface area contributed by atoms with Gasteiger partial charge in [0.15, 0.2) is 0 Å². The summed E-state index contributed by atoms with van der Waals surface area (Å²) in [6, 6.07) is 16.2. The van der Waals surface area contributed by atoms with Crippen molar-refractivity contribution in [3.63, 3.8) is 0 Å². The van der Waals surface area contributed by atoms with Crippen molar-refractivity contribution < 1.29 is 14.6 Å². The molecule has 1 heterocycles. The van der Waals surface area contributed by atoms with Crippen molar-refractivity contribution >= 4 is 5.97 Å². The summed E-state index contributed by atoms with van der Waals surface area (Å²) >= 11 is 0. The maximum Gasteiger partial charge on any atom is 0.313 e. The number of ether oxygens (including phenoxy) is 1. The lowest BCUT2D eigenvalue weighted by Gasteiger charge is -2.26. The Labute approximate surface area is 149 Å². The van der Waals surface area contributed by atoms with Crippen molar-refractivity contribution in [1.82, 2.24) is 4.90 Å². The van der Waals surface area contributed by atoms with Crippen molar-refractivity contribution in [2.24, 2.45) is 0 Å². The van der Waals surface area contributed by atoms with Gasteiger partial charge in [-0.05, 0) is 36.1 Å². The van der Waals surface area contributed by atoms with Gasteiger partial charge in [-0.2, -0.15) is 0 Å². The monoisotopic (exact) mass is 339 g/mol. The van der Waals surface area contributed by atoms with Crippen molar-refractivity contribution in [1.29, 1.82) is 0 Å². The number of hydrogen-bond donors (Lipinski definition) is 1. The Balaban J connectivity index is 1.84. The lowest BCUT2D eigenvalue weighted by molar-refractivity contribution is -0.142. The van der Waals surface area contributed by atoms with Crippen LogP contribution >= 0.6 is 0 Å². The SMILES string of the molecule is CC(C)(C(=O)O)c1ccccc1-c1ccc(CN2CCOCC2)cc1. The van der Waals surface area contributed by atoms with Gasteiger partial charge in [-0.3, -0.25) is 9.69 Å². The summed E-state index contributed by atoms with van der Waals surface area (Å²) in [4.78, 5) is 14.1. The average molecular weight is 339 g/mol. The van der Waals surface area contributed by atoms with Gasteiger partial charge in [0, 0.05) is 19.6 Å². The molecule has 4 nitrogen and oxygen atoms in total. The van der Waals surface area contributed by atoms with E-state index >= 15 is 0 Å². The second kappa shape index (κ2) is 7.38. The molecule has 0 aliphatic carbocycles. The van der Waals surface area contributed by atoms with Crippen LogP contribution in [0.2, 0.25) is 0 Å². The van der Waals surface area contributed by atoms with E-state index in [2.05, 4.69) is 29.2 Å². The van der Waals surface area contributed by atoms with Crippen LogP contribution in [0.15, 0.2) is 48.5 Å². The molecule has 0 amide bonds. The number of benzene rings is 2. The minimum atomic E-state index is -0.928. The molecule has 0 bridgehead atoms. The lowest BCUT2D eigenvalue weighted by atomic mass is 9.80. The zero-order valence-electron chi connectivity index (χ0n) is 14.9. The number of morpholine rings is 1. The minimum absolute atomic E-state index is 0.801. The smallest absolute Gasteiger partial charge is 0.313 e. The molecule has 0 unspecified atom stereocenters. The zero-order valence-corrected chi connectivity index (χ0v) is 14.9. The molecule has 3 rings (SSSR count). The first kappa shape index (κ1) is 17.6. The summed E-state index contributed by atoms with van der Waals surface area (Å²) in [6.45, 7) is 7.97. The third-order valence-electron chi connectivity index (χ3n) is 4.91. The summed E-state index contributed by atoms with van der Waals surface area (Å²) in [5.41, 5.74) is 3.20. The molecule has 0 saturated carbocycles. The highest BCUT2D eigenvalue weighted by Gasteiger charge is 2.31. The summed E-state index contributed by atoms with van der Waals surface area (Å²) in [5, 5.41) is 9.58. The van der Waals surface area contributed by atoms with Gasteiger partial charge in [-0.25, -0.2) is 0 Å². The van der Waals surface area contributed by atoms with Crippen molar-refractivity contribution in [3.8, 4) is 11.1 Å². The number of hydrogen-bond acceptors (Lipinski definition) is 3. The van der Waals surface area contributed by atoms with Gasteiger partial charge in [0.2, 0.25) is 0 Å². The minimum Gasteiger partial charge on any atom is -0.481 e. The Morgan fingerprint density at radius 3 is 2.36 bits per heavy atom. The van der Waals surface area contributed by atoms with E-state index in [9.17, 15) is 9.90 Å². The normalized spacial score (nSPS) is 15.9. The molecule has 4 heteroatoms. The lowest BCUT2D eigenvalue weighted by Crippen LogP contribution is -2.35. The quantitative estimate of drug-likeness (QED) is 0.905. The van der Waals surface area contributed by atoms with Gasteiger partial charge < -0.3 is 9.84 Å². The first-order valence-corrected chi connectivity index (χ1v) is 8.71. The molecule has 0 atom stereocenters. The number of aliphatic carboxylic acids is 1. The third kappa shape index (κ3) is 3.91. The van der Waals surface area contributed by atoms with Crippen LogP contribution in [-0.4, -0.2) is 42.3 Å². The summed E-state index contributed by atoms with van der Waals surface area (Å²) in [5.74, 6) is -0.816. The molecule has 0 spiro atoms. The van der Waals surface area contributed by atoms with Crippen molar-refractivity contribution in [2.45, 2.75) is 25.8 Å². The molecule has 1 N–H and O–H groups in total. The van der Waals surface area contributed by atoms with E-state index in [1.54, 1.807) is 13.8 Å². The molecule has 0 aromatic heterocycles. The second-order valence-electron chi connectivity index (χ2n) is 7.06. The van der Waals surface area contributed by atoms with Crippen LogP contribution in [0, 0.1) is 0 Å². The topological polar surface area (TPSA) is 49.8 Å². The number of rotatable bonds is 5. The van der Waals surface area contributed by atoms with Crippen LogP contribution in [0.4, 0.5) is 0 Å². The molecule has 2 aromatic carbocycles. The number of carboxylic acid groups (broad SMARTS) is 1. The van der Waals surface area contributed by atoms with Crippen molar-refractivity contribution in [2.75, 3.05) is 26.3 Å². The predicted octanol–water partition coefficient (Wildman–Crippen LogP) is 3.55. The Morgan fingerprint density at radius 1 is 1.08 bits per heavy atom. The fourth-order valence-corrected chi connectivity index (χ4v) is 3.20. The highest BCUT2D eigenvalue weighted by Crippen LogP contribution is 2.33. The van der Waals surface area contributed by atoms with Crippen molar-refractivity contribution in [3.05, 3.63) is 59.7 Å². The number of carbonyl (C=O) groups is 1. The van der Waals surface area contributed by atoms with Crippen LogP contribution in [0.3, 0.4) is 0 Å². The average Bonchev–Trinajstić information content (AvgIpc) is 2.63. The van der Waals surface area contributed by atoms with Gasteiger partial charge in [0.1, 0.15) is 0 Å². The number of nitrogens with zero attached hydrogens (tertiary/aromatic N) is 1. The molecular weight excluding hydrogens is 314 g/mol. The van der Waals surface area contributed by atoms with Crippen LogP contribution in [0.5, 0.6) is 0 Å². The van der Waals surface area contributed by atoms with Gasteiger partial charge in [0.25, 0.3) is 0 Å². The molecule has 1 aliphatic heterocycles. The van der Waals surface area contributed by atoms with E-state index in [4.69, 9.17) is 4.74 Å². The molecule has 25 heavy (non-hydrogen) atoms. The Hall–Kier alpha value is -2.17. The Bertz CT molecular complexity index is 731. The number of carboxylic acids is 1. The highest BCUT2D eigenvalue weighted by atomic mass is 16.5. The largest absolute Gasteiger partial charge is 0.481 e. The van der Waals surface area contributed by atoms with Crippen LogP contribution < -0.4 is 0 Å². The maximum absolute atomic E-state index is 11.7. The predicted molar refractivity (Wildman–Crippen MR) is 98.6 cm³/mol. The zero-order chi connectivity index (χ0) is 17.9. The summed E-state index contributed by atoms with van der Waals surface area (Å²) < 4.78 is 5.39. The first-order chi connectivity index (χ1) is 12.0. The maximum atomic E-state index is 11.7. The molecular formula is C21H25NO3. The van der Waals surface area contributed by atoms with Crippen LogP contribution in [0.25, 0.3) is 11.1 Å². The Morgan fingerprint density at radius 2 is 1.72 bits per heavy atom. The highest BCUT2D eigenvalue weighted by molar-refractivity contribution is 5.84. The molecule has 132 valence electrons. The van der Waals surface area contributed by atoms with Gasteiger partial charge in [-0.15, -0.1) is 0 Å². The third-order valence-corrected chi connectivity index (χ3v) is 4.91. The fourth-order valence-electron chi connectivity index (χ4n) is 3.20. The summed E-state index contributed by atoms with van der Waals surface area (Å²) in [7, 11) is 0. The molecule has 1 aliphatic rings. The van der Waals surface area contributed by atoms with E-state index < -0.39 is 11.4 Å². The van der Waals surface area contributed by atoms with E-state index in [-0.39, 0.29) is 0 Å². The van der Waals surface area contributed by atoms with Gasteiger partial charge in [-0.1, -0.05) is 48.5 Å². The van der Waals surface area contributed by atoms with E-state index in [1.165, 1.54) is 5.56 Å². The van der Waals surface area contributed by atoms with E-state index in [0.29, 0.717) is 0 Å². The molecule has 1 fully saturated rings. The molecule has 1 saturated heterocycles. The van der Waals surface area contributed by atoms with E-state index in [1.807, 2.05) is 24.3 Å². The fraction of sp³-hybridized carbons (Fsp3) is 0.381. The van der Waals surface area contributed by atoms with Crippen LogP contribution in [0.1, 0.15) is 25.0 Å². The van der Waals surface area contributed by atoms with E-state index in [0.717, 1.165) is 49.5 Å². The Kier molecular flexibility index (Phi) is 5.21. The first-order valence-electron chi connectivity index (χ1n) is 8.71. The van der Waals surface area contributed by atoms with Gasteiger partial charge in [0.05, 0.1) is 18.6 Å². The molecule has 2 aromatic rings. The van der Waals surface area contributed by atoms with Gasteiger partial charge >= 0.3 is 5.97 Å². The standard InChI is InChI=1S/C21H25NO3/c1-21(2,20(23)24)19-6-4-3-5-18(19)17-9-7-16(8-10-17)15-22-11-13-25-14-12-22/h3-10H,11-15H2,1-2H3,(H,23,24). The van der Waals surface area contributed by atoms with Crippen LogP contribution in [-0.2, 0) is 21.5 Å².